The number of rotatable bonds is 4. The van der Waals surface area contributed by atoms with Crippen LogP contribution in [0.3, 0.4) is 0 Å². The number of hydrogen-bond acceptors (Lipinski definition) is 4. The SMILES string of the molecule is COC(=O)c1n[nH]c2ccc(CO[Si](C)(C)C(C)(C)C)cc12. The molecule has 6 heteroatoms. The number of carbonyl (C=O) groups is 1. The molecule has 0 bridgehead atoms. The van der Waals surface area contributed by atoms with Crippen molar-refractivity contribution in [2.45, 2.75) is 45.5 Å². The predicted octanol–water partition coefficient (Wildman–Crippen LogP) is 3.87. The second kappa shape index (κ2) is 5.85. The summed E-state index contributed by atoms with van der Waals surface area (Å²) in [6, 6.07) is 5.85. The zero-order valence-electron chi connectivity index (χ0n) is 14.1. The normalized spacial score (nSPS) is 12.6. The molecule has 0 atom stereocenters. The molecule has 22 heavy (non-hydrogen) atoms. The van der Waals surface area contributed by atoms with E-state index in [-0.39, 0.29) is 5.04 Å². The van der Waals surface area contributed by atoms with Gasteiger partial charge in [-0.2, -0.15) is 5.10 Å². The fraction of sp³-hybridized carbons (Fsp3) is 0.500. The van der Waals surface area contributed by atoms with E-state index in [1.807, 2.05) is 18.2 Å². The van der Waals surface area contributed by atoms with E-state index < -0.39 is 14.3 Å². The maximum atomic E-state index is 11.7. The first-order valence-electron chi connectivity index (χ1n) is 7.35. The second-order valence-electron chi connectivity index (χ2n) is 6.99. The summed E-state index contributed by atoms with van der Waals surface area (Å²) in [7, 11) is -0.442. The first kappa shape index (κ1) is 16.7. The molecule has 1 heterocycles. The van der Waals surface area contributed by atoms with Crippen LogP contribution in [0.4, 0.5) is 0 Å². The van der Waals surface area contributed by atoms with Crippen molar-refractivity contribution in [3.8, 4) is 0 Å². The first-order chi connectivity index (χ1) is 10.2. The highest BCUT2D eigenvalue weighted by molar-refractivity contribution is 6.74. The number of fused-ring (bicyclic) bond motifs is 1. The molecule has 1 aromatic heterocycles. The van der Waals surface area contributed by atoms with Crippen LogP contribution in [0.1, 0.15) is 36.8 Å². The van der Waals surface area contributed by atoms with Gasteiger partial charge in [0.05, 0.1) is 19.2 Å². The third-order valence-electron chi connectivity index (χ3n) is 4.41. The third-order valence-corrected chi connectivity index (χ3v) is 8.89. The van der Waals surface area contributed by atoms with Gasteiger partial charge in [-0.3, -0.25) is 5.10 Å². The van der Waals surface area contributed by atoms with Crippen LogP contribution in [0.25, 0.3) is 10.9 Å². The number of H-pyrrole nitrogens is 1. The van der Waals surface area contributed by atoms with Crippen LogP contribution in [0.2, 0.25) is 18.1 Å². The molecule has 5 nitrogen and oxygen atoms in total. The molecule has 120 valence electrons. The molecular formula is C16H24N2O3Si. The van der Waals surface area contributed by atoms with Gasteiger partial charge in [0.2, 0.25) is 0 Å². The average molecular weight is 320 g/mol. The Morgan fingerprint density at radius 3 is 2.59 bits per heavy atom. The first-order valence-corrected chi connectivity index (χ1v) is 10.3. The number of aromatic nitrogens is 2. The fourth-order valence-corrected chi connectivity index (χ4v) is 2.84. The minimum absolute atomic E-state index is 0.171. The van der Waals surface area contributed by atoms with Crippen LogP contribution < -0.4 is 0 Å². The van der Waals surface area contributed by atoms with Crippen molar-refractivity contribution >= 4 is 25.2 Å². The van der Waals surface area contributed by atoms with Crippen LogP contribution in [-0.4, -0.2) is 31.6 Å². The summed E-state index contributed by atoms with van der Waals surface area (Å²) in [4.78, 5) is 11.7. The van der Waals surface area contributed by atoms with Crippen molar-refractivity contribution in [1.29, 1.82) is 0 Å². The Balaban J connectivity index is 2.24. The van der Waals surface area contributed by atoms with Gasteiger partial charge in [-0.15, -0.1) is 0 Å². The lowest BCUT2D eigenvalue weighted by Gasteiger charge is -2.36. The number of benzene rings is 1. The molecule has 0 saturated carbocycles. The van der Waals surface area contributed by atoms with Crippen molar-refractivity contribution in [2.75, 3.05) is 7.11 Å². The standard InChI is InChI=1S/C16H24N2O3Si/c1-16(2,3)22(5,6)21-10-11-7-8-13-12(9-11)14(18-17-13)15(19)20-4/h7-9H,10H2,1-6H3,(H,17,18). The van der Waals surface area contributed by atoms with Gasteiger partial charge < -0.3 is 9.16 Å². The van der Waals surface area contributed by atoms with E-state index in [1.165, 1.54) is 7.11 Å². The van der Waals surface area contributed by atoms with E-state index in [0.717, 1.165) is 16.5 Å². The lowest BCUT2D eigenvalue weighted by Crippen LogP contribution is -2.40. The Kier molecular flexibility index (Phi) is 4.44. The van der Waals surface area contributed by atoms with Gasteiger partial charge in [-0.1, -0.05) is 26.8 Å². The maximum Gasteiger partial charge on any atom is 0.359 e. The summed E-state index contributed by atoms with van der Waals surface area (Å²) in [5, 5.41) is 7.81. The number of methoxy groups -OCH3 is 1. The fourth-order valence-electron chi connectivity index (χ4n) is 1.88. The monoisotopic (exact) mass is 320 g/mol. The Labute approximate surface area is 132 Å². The molecule has 0 amide bonds. The number of esters is 1. The lowest BCUT2D eigenvalue weighted by molar-refractivity contribution is 0.0596. The number of nitrogens with one attached hydrogen (secondary N) is 1. The van der Waals surface area contributed by atoms with Gasteiger partial charge in [0.15, 0.2) is 14.0 Å². The van der Waals surface area contributed by atoms with Gasteiger partial charge in [0.1, 0.15) is 0 Å². The number of ether oxygens (including phenoxy) is 1. The smallest absolute Gasteiger partial charge is 0.359 e. The summed E-state index contributed by atoms with van der Waals surface area (Å²) in [5.41, 5.74) is 2.16. The highest BCUT2D eigenvalue weighted by atomic mass is 28.4. The molecule has 1 N–H and O–H groups in total. The molecule has 0 fully saturated rings. The average Bonchev–Trinajstić information content (AvgIpc) is 2.86. The van der Waals surface area contributed by atoms with Gasteiger partial charge in [0, 0.05) is 5.39 Å². The van der Waals surface area contributed by atoms with E-state index in [1.54, 1.807) is 0 Å². The van der Waals surface area contributed by atoms with Crippen LogP contribution in [-0.2, 0) is 15.8 Å². The number of nitrogens with zero attached hydrogens (tertiary/aromatic N) is 1. The van der Waals surface area contributed by atoms with Crippen LogP contribution >= 0.6 is 0 Å². The molecule has 0 radical (unpaired) electrons. The molecule has 0 saturated heterocycles. The van der Waals surface area contributed by atoms with Crippen molar-refractivity contribution in [1.82, 2.24) is 10.2 Å². The van der Waals surface area contributed by atoms with E-state index in [0.29, 0.717) is 12.3 Å². The molecule has 2 aromatic rings. The van der Waals surface area contributed by atoms with E-state index in [9.17, 15) is 4.79 Å². The number of aromatic amines is 1. The van der Waals surface area contributed by atoms with Crippen LogP contribution in [0.15, 0.2) is 18.2 Å². The zero-order valence-corrected chi connectivity index (χ0v) is 15.1. The highest BCUT2D eigenvalue weighted by Crippen LogP contribution is 2.37. The topological polar surface area (TPSA) is 64.2 Å². The van der Waals surface area contributed by atoms with E-state index in [4.69, 9.17) is 9.16 Å². The Morgan fingerprint density at radius 2 is 2.00 bits per heavy atom. The zero-order chi connectivity index (χ0) is 16.5. The van der Waals surface area contributed by atoms with Gasteiger partial charge in [0.25, 0.3) is 0 Å². The lowest BCUT2D eigenvalue weighted by atomic mass is 10.1. The summed E-state index contributed by atoms with van der Waals surface area (Å²) in [6.07, 6.45) is 0. The van der Waals surface area contributed by atoms with Gasteiger partial charge in [-0.25, -0.2) is 4.79 Å². The second-order valence-corrected chi connectivity index (χ2v) is 11.8. The summed E-state index contributed by atoms with van der Waals surface area (Å²) in [6.45, 7) is 11.6. The van der Waals surface area contributed by atoms with E-state index in [2.05, 4.69) is 44.1 Å². The van der Waals surface area contributed by atoms with Gasteiger partial charge in [-0.05, 0) is 35.8 Å². The quantitative estimate of drug-likeness (QED) is 0.686. The van der Waals surface area contributed by atoms with Crippen molar-refractivity contribution < 1.29 is 14.0 Å². The largest absolute Gasteiger partial charge is 0.464 e. The number of carbonyl (C=O) groups excluding carboxylic acids is 1. The van der Waals surface area contributed by atoms with Crippen molar-refractivity contribution in [2.24, 2.45) is 0 Å². The Hall–Kier alpha value is -1.66. The molecule has 0 aliphatic carbocycles. The molecular weight excluding hydrogens is 296 g/mol. The summed E-state index contributed by atoms with van der Waals surface area (Å²) < 4.78 is 11.0. The molecule has 0 aliphatic heterocycles. The van der Waals surface area contributed by atoms with E-state index >= 15 is 0 Å². The van der Waals surface area contributed by atoms with Gasteiger partial charge >= 0.3 is 5.97 Å². The minimum atomic E-state index is -1.80. The molecule has 0 unspecified atom stereocenters. The van der Waals surface area contributed by atoms with Crippen LogP contribution in [0.5, 0.6) is 0 Å². The molecule has 0 aliphatic rings. The highest BCUT2D eigenvalue weighted by Gasteiger charge is 2.37. The maximum absolute atomic E-state index is 11.7. The Morgan fingerprint density at radius 1 is 1.32 bits per heavy atom. The summed E-state index contributed by atoms with van der Waals surface area (Å²) in [5.74, 6) is -0.436. The number of hydrogen-bond donors (Lipinski definition) is 1. The Bertz CT molecular complexity index is 686. The third kappa shape index (κ3) is 3.23. The molecule has 2 rings (SSSR count). The van der Waals surface area contributed by atoms with Crippen molar-refractivity contribution in [3.63, 3.8) is 0 Å². The van der Waals surface area contributed by atoms with Crippen LogP contribution in [0, 0.1) is 0 Å². The van der Waals surface area contributed by atoms with Crippen molar-refractivity contribution in [3.05, 3.63) is 29.5 Å². The minimum Gasteiger partial charge on any atom is -0.464 e. The molecule has 0 spiro atoms. The predicted molar refractivity (Wildman–Crippen MR) is 89.4 cm³/mol. The summed E-state index contributed by atoms with van der Waals surface area (Å²) >= 11 is 0. The molecule has 1 aromatic carbocycles.